The molecule has 2 saturated heterocycles. The van der Waals surface area contributed by atoms with E-state index in [0.717, 1.165) is 12.8 Å². The largest absolute Gasteiger partial charge is 0.447 e. The van der Waals surface area contributed by atoms with E-state index in [2.05, 4.69) is 28.6 Å². The van der Waals surface area contributed by atoms with E-state index in [1.54, 1.807) is 0 Å². The summed E-state index contributed by atoms with van der Waals surface area (Å²) in [5, 5.41) is 7.48. The van der Waals surface area contributed by atoms with E-state index in [4.69, 9.17) is 4.74 Å². The Kier molecular flexibility index (Phi) is 11.1. The van der Waals surface area contributed by atoms with Crippen LogP contribution in [-0.4, -0.2) is 71.7 Å². The predicted octanol–water partition coefficient (Wildman–Crippen LogP) is 2.17. The van der Waals surface area contributed by atoms with Crippen LogP contribution in [0.1, 0.15) is 78.1 Å². The second kappa shape index (κ2) is 14.0. The highest BCUT2D eigenvalue weighted by molar-refractivity contribution is 7.96. The van der Waals surface area contributed by atoms with Crippen LogP contribution in [0.25, 0.3) is 0 Å². The highest BCUT2D eigenvalue weighted by Gasteiger charge is 2.35. The van der Waals surface area contributed by atoms with E-state index < -0.39 is 29.2 Å². The molecule has 0 aromatic heterocycles. The fourth-order valence-corrected chi connectivity index (χ4v) is 5.74. The molecule has 2 aliphatic heterocycles. The number of rotatable bonds is 12. The van der Waals surface area contributed by atoms with Crippen LogP contribution in [0.5, 0.6) is 0 Å². The number of hydrogen-bond donors (Lipinski definition) is 4. The predicted molar refractivity (Wildman–Crippen MR) is 141 cm³/mol. The quantitative estimate of drug-likeness (QED) is 0.282. The maximum Gasteiger partial charge on any atom is 0.407 e. The second-order valence-corrected chi connectivity index (χ2v) is 11.5. The summed E-state index contributed by atoms with van der Waals surface area (Å²) in [5.74, 6) is -0.337. The zero-order chi connectivity index (χ0) is 26.9. The van der Waals surface area contributed by atoms with Crippen LogP contribution in [0, 0.1) is 17.8 Å². The Morgan fingerprint density at radius 3 is 2.41 bits per heavy atom. The molecule has 3 rings (SSSR count). The zero-order valence-electron chi connectivity index (χ0n) is 22.0. The van der Waals surface area contributed by atoms with Gasteiger partial charge in [0.25, 0.3) is 0 Å². The van der Waals surface area contributed by atoms with E-state index in [-0.39, 0.29) is 42.7 Å². The number of nitrogens with one attached hydrogen (secondary N) is 3. The summed E-state index contributed by atoms with van der Waals surface area (Å²) in [6, 6.07) is -2.00. The van der Waals surface area contributed by atoms with Gasteiger partial charge in [0.15, 0.2) is 0 Å². The minimum atomic E-state index is -0.935. The molecule has 3 aliphatic rings. The van der Waals surface area contributed by atoms with Crippen molar-refractivity contribution in [2.24, 2.45) is 17.8 Å². The van der Waals surface area contributed by atoms with Gasteiger partial charge in [0.1, 0.15) is 12.6 Å². The number of amides is 4. The summed E-state index contributed by atoms with van der Waals surface area (Å²) < 4.78 is 5.47. The minimum Gasteiger partial charge on any atom is -0.447 e. The van der Waals surface area contributed by atoms with E-state index in [0.29, 0.717) is 44.7 Å². The third-order valence-electron chi connectivity index (χ3n) is 7.65. The molecule has 1 aliphatic carbocycles. The molecule has 208 valence electrons. The lowest BCUT2D eigenvalue weighted by atomic mass is 9.89. The second-order valence-electron chi connectivity index (χ2n) is 11.1. The molecular formula is C26H42N4O6S. The molecule has 0 bridgehead atoms. The van der Waals surface area contributed by atoms with Crippen molar-refractivity contribution in [3.63, 3.8) is 0 Å². The van der Waals surface area contributed by atoms with Crippen molar-refractivity contribution in [2.75, 3.05) is 19.7 Å². The highest BCUT2D eigenvalue weighted by atomic mass is 32.1. The van der Waals surface area contributed by atoms with Crippen molar-refractivity contribution in [1.82, 2.24) is 20.9 Å². The van der Waals surface area contributed by atoms with Crippen molar-refractivity contribution in [3.8, 4) is 0 Å². The summed E-state index contributed by atoms with van der Waals surface area (Å²) in [5.41, 5.74) is 0. The maximum atomic E-state index is 13.0. The third kappa shape index (κ3) is 8.90. The summed E-state index contributed by atoms with van der Waals surface area (Å²) in [6.07, 6.45) is 7.37. The Morgan fingerprint density at radius 2 is 1.78 bits per heavy atom. The lowest BCUT2D eigenvalue weighted by Crippen LogP contribution is -2.52. The number of nitrogens with zero attached hydrogens (tertiary/aromatic N) is 1. The fourth-order valence-electron chi connectivity index (χ4n) is 5.57. The van der Waals surface area contributed by atoms with Gasteiger partial charge in [-0.15, -0.1) is 12.6 Å². The van der Waals surface area contributed by atoms with Crippen LogP contribution in [0.15, 0.2) is 0 Å². The molecule has 0 aromatic carbocycles. The molecule has 11 heteroatoms. The number of ether oxygens (including phenoxy) is 1. The number of alkyl carbamates (subject to hydrolysis) is 1. The van der Waals surface area contributed by atoms with Gasteiger partial charge in [-0.2, -0.15) is 0 Å². The monoisotopic (exact) mass is 538 g/mol. The molecule has 3 fully saturated rings. The zero-order valence-corrected chi connectivity index (χ0v) is 22.9. The van der Waals surface area contributed by atoms with Gasteiger partial charge < -0.3 is 25.6 Å². The summed E-state index contributed by atoms with van der Waals surface area (Å²) in [6.45, 7) is 5.17. The smallest absolute Gasteiger partial charge is 0.407 e. The Labute approximate surface area is 224 Å². The summed E-state index contributed by atoms with van der Waals surface area (Å²) in [4.78, 5) is 64.0. The number of likely N-dealkylation sites (tertiary alicyclic amines) is 1. The van der Waals surface area contributed by atoms with Gasteiger partial charge in [-0.1, -0.05) is 33.1 Å². The normalized spacial score (nSPS) is 24.1. The molecule has 0 unspecified atom stereocenters. The molecule has 4 amide bonds. The van der Waals surface area contributed by atoms with Crippen LogP contribution in [0.3, 0.4) is 0 Å². The highest BCUT2D eigenvalue weighted by Crippen LogP contribution is 2.28. The first-order valence-corrected chi connectivity index (χ1v) is 14.1. The molecule has 1 saturated carbocycles. The van der Waals surface area contributed by atoms with Crippen molar-refractivity contribution in [3.05, 3.63) is 0 Å². The van der Waals surface area contributed by atoms with Gasteiger partial charge in [-0.25, -0.2) is 4.79 Å². The summed E-state index contributed by atoms with van der Waals surface area (Å²) >= 11 is 3.89. The molecule has 4 atom stereocenters. The Balaban J connectivity index is 1.53. The Bertz CT molecular complexity index is 847. The van der Waals surface area contributed by atoms with Crippen molar-refractivity contribution in [2.45, 2.75) is 96.2 Å². The summed E-state index contributed by atoms with van der Waals surface area (Å²) in [7, 11) is 0. The molecule has 10 nitrogen and oxygen atoms in total. The van der Waals surface area contributed by atoms with Crippen molar-refractivity contribution in [1.29, 1.82) is 0 Å². The number of thiol groups is 1. The van der Waals surface area contributed by atoms with Gasteiger partial charge in [0, 0.05) is 25.4 Å². The SMILES string of the molecule is CC(C)C[C@H](NC(=O)OC[C@H]1CCC(=O)N1CC1CCCCC1)C(=O)N[C@@H](C[C@@H]1CCNC1=O)C(=O)S. The molecule has 0 spiro atoms. The molecule has 0 aromatic rings. The minimum absolute atomic E-state index is 0.0782. The fraction of sp³-hybridized carbons (Fsp3) is 0.808. The van der Waals surface area contributed by atoms with Crippen LogP contribution in [0.4, 0.5) is 4.79 Å². The van der Waals surface area contributed by atoms with Gasteiger partial charge in [-0.3, -0.25) is 19.2 Å². The molecule has 37 heavy (non-hydrogen) atoms. The molecule has 3 N–H and O–H groups in total. The number of carbonyl (C=O) groups is 5. The van der Waals surface area contributed by atoms with Crippen LogP contribution < -0.4 is 16.0 Å². The van der Waals surface area contributed by atoms with E-state index in [9.17, 15) is 24.0 Å². The lowest BCUT2D eigenvalue weighted by molar-refractivity contribution is -0.130. The van der Waals surface area contributed by atoms with Crippen molar-refractivity contribution >= 4 is 41.6 Å². The van der Waals surface area contributed by atoms with Gasteiger partial charge in [-0.05, 0) is 50.4 Å². The van der Waals surface area contributed by atoms with Gasteiger partial charge >= 0.3 is 6.09 Å². The first-order chi connectivity index (χ1) is 17.6. The lowest BCUT2D eigenvalue weighted by Gasteiger charge is -2.31. The van der Waals surface area contributed by atoms with E-state index in [1.165, 1.54) is 19.3 Å². The van der Waals surface area contributed by atoms with Gasteiger partial charge in [0.2, 0.25) is 22.8 Å². The average Bonchev–Trinajstić information content (AvgIpc) is 3.41. The molecular weight excluding hydrogens is 496 g/mol. The molecule has 2 heterocycles. The Hall–Kier alpha value is -2.30. The van der Waals surface area contributed by atoms with Crippen LogP contribution in [0.2, 0.25) is 0 Å². The van der Waals surface area contributed by atoms with Crippen LogP contribution >= 0.6 is 12.6 Å². The average molecular weight is 539 g/mol. The third-order valence-corrected chi connectivity index (χ3v) is 7.96. The van der Waals surface area contributed by atoms with E-state index >= 15 is 0 Å². The van der Waals surface area contributed by atoms with Gasteiger partial charge in [0.05, 0.1) is 12.1 Å². The number of hydrogen-bond acceptors (Lipinski definition) is 6. The number of carbonyl (C=O) groups excluding carboxylic acids is 5. The first-order valence-electron chi connectivity index (χ1n) is 13.7. The topological polar surface area (TPSA) is 134 Å². The molecule has 0 radical (unpaired) electrons. The van der Waals surface area contributed by atoms with Crippen molar-refractivity contribution < 1.29 is 28.7 Å². The van der Waals surface area contributed by atoms with E-state index in [1.807, 2.05) is 18.7 Å². The Morgan fingerprint density at radius 1 is 1.05 bits per heavy atom. The van der Waals surface area contributed by atoms with Crippen LogP contribution in [-0.2, 0) is 23.9 Å². The first kappa shape index (κ1) is 29.3. The standard InChI is InChI=1S/C26H42N4O6S/c1-16(2)12-20(24(33)28-21(25(34)37)13-18-10-11-27-23(18)32)29-26(35)36-15-19-8-9-22(31)30(19)14-17-6-4-3-5-7-17/h16-21H,3-15H2,1-2H3,(H,27,32)(H,28,33)(H,29,35)(H,34,37)/t18-,19+,20-,21-/m0/s1. The maximum absolute atomic E-state index is 13.0.